The third-order valence-corrected chi connectivity index (χ3v) is 3.39. The molecule has 0 saturated carbocycles. The molecule has 0 aliphatic rings. The van der Waals surface area contributed by atoms with E-state index in [1.807, 2.05) is 19.0 Å². The van der Waals surface area contributed by atoms with Gasteiger partial charge in [0.05, 0.1) is 18.2 Å². The van der Waals surface area contributed by atoms with Crippen LogP contribution in [0.4, 0.5) is 11.5 Å². The molecule has 7 heteroatoms. The fourth-order valence-electron chi connectivity index (χ4n) is 1.52. The van der Waals surface area contributed by atoms with Crippen LogP contribution < -0.4 is 10.6 Å². The van der Waals surface area contributed by atoms with E-state index in [1.54, 1.807) is 0 Å². The van der Waals surface area contributed by atoms with E-state index < -0.39 is 5.97 Å². The number of hydrogen-bond acceptors (Lipinski definition) is 7. The van der Waals surface area contributed by atoms with Crippen molar-refractivity contribution in [3.63, 3.8) is 0 Å². The molecule has 2 aromatic heterocycles. The first-order valence-corrected chi connectivity index (χ1v) is 5.66. The predicted molar refractivity (Wildman–Crippen MR) is 67.5 cm³/mol. The summed E-state index contributed by atoms with van der Waals surface area (Å²) in [5.74, 6) is 0.245. The van der Waals surface area contributed by atoms with Crippen LogP contribution in [0.1, 0.15) is 9.67 Å². The monoisotopic (exact) mass is 252 g/mol. The maximum Gasteiger partial charge on any atom is 0.350 e. The molecule has 0 radical (unpaired) electrons. The number of anilines is 2. The van der Waals surface area contributed by atoms with E-state index in [0.717, 1.165) is 0 Å². The first-order valence-electron chi connectivity index (χ1n) is 4.85. The summed E-state index contributed by atoms with van der Waals surface area (Å²) in [7, 11) is 5.04. The highest BCUT2D eigenvalue weighted by molar-refractivity contribution is 7.21. The summed E-state index contributed by atoms with van der Waals surface area (Å²) in [4.78, 5) is 22.7. The lowest BCUT2D eigenvalue weighted by molar-refractivity contribution is 0.0607. The van der Waals surface area contributed by atoms with E-state index >= 15 is 0 Å². The van der Waals surface area contributed by atoms with Gasteiger partial charge in [-0.3, -0.25) is 0 Å². The molecule has 17 heavy (non-hydrogen) atoms. The summed E-state index contributed by atoms with van der Waals surface area (Å²) < 4.78 is 4.68. The van der Waals surface area contributed by atoms with Crippen LogP contribution in [0.3, 0.4) is 0 Å². The van der Waals surface area contributed by atoms with Gasteiger partial charge in [-0.05, 0) is 0 Å². The predicted octanol–water partition coefficient (Wildman–Crippen LogP) is 1.13. The Kier molecular flexibility index (Phi) is 2.84. The second-order valence-corrected chi connectivity index (χ2v) is 4.61. The molecule has 90 valence electrons. The van der Waals surface area contributed by atoms with Crippen LogP contribution >= 0.6 is 11.3 Å². The zero-order valence-electron chi connectivity index (χ0n) is 9.72. The van der Waals surface area contributed by atoms with Crippen molar-refractivity contribution in [1.29, 1.82) is 0 Å². The van der Waals surface area contributed by atoms with Crippen molar-refractivity contribution in [2.24, 2.45) is 0 Å². The van der Waals surface area contributed by atoms with Crippen LogP contribution in [0, 0.1) is 0 Å². The number of rotatable bonds is 2. The van der Waals surface area contributed by atoms with E-state index in [9.17, 15) is 4.79 Å². The third kappa shape index (κ3) is 1.78. The standard InChI is InChI=1S/C10H12N4O2S/c1-14(2)8-5-6(11)7(10(15)16-3)17-9(5)13-4-12-8/h4H,11H2,1-3H3. The summed E-state index contributed by atoms with van der Waals surface area (Å²) in [6.45, 7) is 0. The van der Waals surface area contributed by atoms with Gasteiger partial charge in [-0.25, -0.2) is 14.8 Å². The van der Waals surface area contributed by atoms with Crippen LogP contribution in [0.15, 0.2) is 6.33 Å². The number of thiophene rings is 1. The number of methoxy groups -OCH3 is 1. The van der Waals surface area contributed by atoms with E-state index in [-0.39, 0.29) is 0 Å². The molecular formula is C10H12N4O2S. The number of fused-ring (bicyclic) bond motifs is 1. The van der Waals surface area contributed by atoms with E-state index in [0.29, 0.717) is 26.6 Å². The maximum absolute atomic E-state index is 11.5. The number of aromatic nitrogens is 2. The molecule has 0 aliphatic heterocycles. The lowest BCUT2D eigenvalue weighted by atomic mass is 10.2. The van der Waals surface area contributed by atoms with Gasteiger partial charge in [0.15, 0.2) is 0 Å². The van der Waals surface area contributed by atoms with Crippen LogP contribution in [0.2, 0.25) is 0 Å². The Bertz CT molecular complexity index is 579. The summed E-state index contributed by atoms with van der Waals surface area (Å²) in [5.41, 5.74) is 6.33. The molecule has 2 heterocycles. The van der Waals surface area contributed by atoms with Crippen molar-refractivity contribution < 1.29 is 9.53 Å². The van der Waals surface area contributed by atoms with Crippen LogP contribution in [-0.2, 0) is 4.74 Å². The van der Waals surface area contributed by atoms with Gasteiger partial charge in [-0.2, -0.15) is 0 Å². The molecule has 2 rings (SSSR count). The highest BCUT2D eigenvalue weighted by Crippen LogP contribution is 2.36. The average Bonchev–Trinajstić information content (AvgIpc) is 2.66. The summed E-state index contributed by atoms with van der Waals surface area (Å²) in [6, 6.07) is 0. The number of nitrogens with zero attached hydrogens (tertiary/aromatic N) is 3. The molecule has 0 bridgehead atoms. The second-order valence-electron chi connectivity index (χ2n) is 3.61. The van der Waals surface area contributed by atoms with Crippen LogP contribution in [0.25, 0.3) is 10.2 Å². The van der Waals surface area contributed by atoms with Gasteiger partial charge in [-0.1, -0.05) is 0 Å². The lowest BCUT2D eigenvalue weighted by Crippen LogP contribution is -2.11. The SMILES string of the molecule is COC(=O)c1sc2ncnc(N(C)C)c2c1N. The number of carbonyl (C=O) groups is 1. The molecule has 2 N–H and O–H groups in total. The molecule has 0 unspecified atom stereocenters. The average molecular weight is 252 g/mol. The van der Waals surface area contributed by atoms with Gasteiger partial charge >= 0.3 is 5.97 Å². The summed E-state index contributed by atoms with van der Waals surface area (Å²) in [6.07, 6.45) is 1.45. The summed E-state index contributed by atoms with van der Waals surface area (Å²) in [5, 5.41) is 0.697. The fraction of sp³-hybridized carbons (Fsp3) is 0.300. The molecule has 0 aliphatic carbocycles. The molecule has 2 aromatic rings. The lowest BCUT2D eigenvalue weighted by Gasteiger charge is -2.11. The number of ether oxygens (including phenoxy) is 1. The minimum atomic E-state index is -0.449. The van der Waals surface area contributed by atoms with Crippen molar-refractivity contribution in [2.75, 3.05) is 31.8 Å². The zero-order chi connectivity index (χ0) is 12.6. The van der Waals surface area contributed by atoms with Gasteiger partial charge in [0.1, 0.15) is 21.9 Å². The highest BCUT2D eigenvalue weighted by Gasteiger charge is 2.21. The number of nitrogen functional groups attached to an aromatic ring is 1. The Balaban J connectivity index is 2.74. The smallest absolute Gasteiger partial charge is 0.350 e. The Morgan fingerprint density at radius 2 is 2.18 bits per heavy atom. The highest BCUT2D eigenvalue weighted by atomic mass is 32.1. The molecule has 0 saturated heterocycles. The quantitative estimate of drug-likeness (QED) is 0.807. The molecule has 0 spiro atoms. The molecule has 0 amide bonds. The Hall–Kier alpha value is -1.89. The molecular weight excluding hydrogens is 240 g/mol. The van der Waals surface area contributed by atoms with Crippen LogP contribution in [0.5, 0.6) is 0 Å². The number of carbonyl (C=O) groups excluding carboxylic acids is 1. The summed E-state index contributed by atoms with van der Waals surface area (Å²) >= 11 is 1.21. The van der Waals surface area contributed by atoms with Gasteiger partial charge in [0.25, 0.3) is 0 Å². The molecule has 0 atom stereocenters. The Morgan fingerprint density at radius 3 is 2.76 bits per heavy atom. The number of nitrogens with two attached hydrogens (primary N) is 1. The minimum Gasteiger partial charge on any atom is -0.465 e. The molecule has 6 nitrogen and oxygen atoms in total. The minimum absolute atomic E-state index is 0.367. The maximum atomic E-state index is 11.5. The molecule has 0 aromatic carbocycles. The largest absolute Gasteiger partial charge is 0.465 e. The topological polar surface area (TPSA) is 81.3 Å². The third-order valence-electron chi connectivity index (χ3n) is 2.30. The normalized spacial score (nSPS) is 10.5. The van der Waals surface area contributed by atoms with Gasteiger partial charge in [0.2, 0.25) is 0 Å². The van der Waals surface area contributed by atoms with Gasteiger partial charge < -0.3 is 15.4 Å². The van der Waals surface area contributed by atoms with Crippen molar-refractivity contribution >= 4 is 39.0 Å². The van der Waals surface area contributed by atoms with Crippen molar-refractivity contribution in [1.82, 2.24) is 9.97 Å². The van der Waals surface area contributed by atoms with Crippen molar-refractivity contribution in [2.45, 2.75) is 0 Å². The first-order chi connectivity index (χ1) is 8.06. The van der Waals surface area contributed by atoms with E-state index in [4.69, 9.17) is 5.73 Å². The first kappa shape index (κ1) is 11.6. The fourth-order valence-corrected chi connectivity index (χ4v) is 2.50. The van der Waals surface area contributed by atoms with Crippen LogP contribution in [-0.4, -0.2) is 37.1 Å². The van der Waals surface area contributed by atoms with Crippen molar-refractivity contribution in [3.8, 4) is 0 Å². The second kappa shape index (κ2) is 4.17. The Labute approximate surface area is 102 Å². The van der Waals surface area contributed by atoms with Gasteiger partial charge in [0, 0.05) is 14.1 Å². The zero-order valence-corrected chi connectivity index (χ0v) is 10.5. The van der Waals surface area contributed by atoms with Gasteiger partial charge in [-0.15, -0.1) is 11.3 Å². The van der Waals surface area contributed by atoms with E-state index in [2.05, 4.69) is 14.7 Å². The molecule has 0 fully saturated rings. The number of hydrogen-bond donors (Lipinski definition) is 1. The number of esters is 1. The van der Waals surface area contributed by atoms with E-state index in [1.165, 1.54) is 24.8 Å². The Morgan fingerprint density at radius 1 is 1.47 bits per heavy atom. The van der Waals surface area contributed by atoms with Crippen molar-refractivity contribution in [3.05, 3.63) is 11.2 Å².